The van der Waals surface area contributed by atoms with E-state index in [1.165, 1.54) is 0 Å². The van der Waals surface area contributed by atoms with Crippen LogP contribution in [0, 0.1) is 0 Å². The van der Waals surface area contributed by atoms with Crippen molar-refractivity contribution in [3.63, 3.8) is 0 Å². The second-order valence-corrected chi connectivity index (χ2v) is 4.53. The molecule has 3 heteroatoms. The van der Waals surface area contributed by atoms with E-state index in [0.29, 0.717) is 5.56 Å². The van der Waals surface area contributed by atoms with Gasteiger partial charge in [-0.15, -0.1) is 0 Å². The normalized spacial score (nSPS) is 10.4. The first-order valence-electron chi connectivity index (χ1n) is 6.29. The van der Waals surface area contributed by atoms with Gasteiger partial charge in [0.15, 0.2) is 0 Å². The molecule has 0 amide bonds. The topological polar surface area (TPSA) is 39.2 Å². The molecule has 3 aromatic rings. The van der Waals surface area contributed by atoms with Gasteiger partial charge in [0.1, 0.15) is 12.0 Å². The van der Waals surface area contributed by atoms with Gasteiger partial charge in [0.25, 0.3) is 0 Å². The van der Waals surface area contributed by atoms with Crippen LogP contribution in [0.3, 0.4) is 0 Å². The number of aromatic nitrogens is 1. The van der Waals surface area contributed by atoms with E-state index >= 15 is 0 Å². The summed E-state index contributed by atoms with van der Waals surface area (Å²) in [5, 5.41) is 0.954. The first kappa shape index (κ1) is 12.4. The van der Waals surface area contributed by atoms with Gasteiger partial charge >= 0.3 is 0 Å². The highest BCUT2D eigenvalue weighted by atomic mass is 16.5. The summed E-state index contributed by atoms with van der Waals surface area (Å²) in [4.78, 5) is 15.3. The molecule has 0 N–H and O–H groups in total. The number of rotatable bonds is 3. The van der Waals surface area contributed by atoms with Crippen molar-refractivity contribution in [1.29, 1.82) is 0 Å². The number of carbonyl (C=O) groups excluding carboxylic acids is 1. The van der Waals surface area contributed by atoms with Crippen LogP contribution in [0.15, 0.2) is 54.7 Å². The monoisotopic (exact) mass is 263 g/mol. The third kappa shape index (κ3) is 2.26. The zero-order valence-electron chi connectivity index (χ0n) is 11.0. The first-order valence-corrected chi connectivity index (χ1v) is 6.29. The van der Waals surface area contributed by atoms with E-state index in [-0.39, 0.29) is 0 Å². The highest BCUT2D eigenvalue weighted by Crippen LogP contribution is 2.26. The number of ether oxygens (including phenoxy) is 1. The van der Waals surface area contributed by atoms with Crippen molar-refractivity contribution in [3.05, 3.63) is 60.3 Å². The second-order valence-electron chi connectivity index (χ2n) is 4.53. The summed E-state index contributed by atoms with van der Waals surface area (Å²) >= 11 is 0. The number of fused-ring (bicyclic) bond motifs is 1. The molecule has 0 radical (unpaired) electrons. The average molecular weight is 263 g/mol. The van der Waals surface area contributed by atoms with Gasteiger partial charge in [-0.25, -0.2) is 0 Å². The predicted octanol–water partition coefficient (Wildman–Crippen LogP) is 3.72. The lowest BCUT2D eigenvalue weighted by molar-refractivity contribution is 0.112. The van der Waals surface area contributed by atoms with Crippen molar-refractivity contribution in [1.82, 2.24) is 4.98 Å². The van der Waals surface area contributed by atoms with E-state index in [2.05, 4.69) is 4.98 Å². The molecule has 1 aromatic heterocycles. The van der Waals surface area contributed by atoms with Crippen LogP contribution in [0.5, 0.6) is 5.75 Å². The maximum absolute atomic E-state index is 10.9. The number of aldehydes is 1. The molecule has 2 aromatic carbocycles. The Balaban J connectivity index is 2.13. The minimum absolute atomic E-state index is 0.655. The Morgan fingerprint density at radius 1 is 1.05 bits per heavy atom. The van der Waals surface area contributed by atoms with E-state index in [0.717, 1.165) is 34.1 Å². The smallest absolute Gasteiger partial charge is 0.150 e. The molecule has 0 atom stereocenters. The minimum atomic E-state index is 0.655. The van der Waals surface area contributed by atoms with Crippen LogP contribution in [-0.2, 0) is 0 Å². The summed E-state index contributed by atoms with van der Waals surface area (Å²) in [6.45, 7) is 0. The quantitative estimate of drug-likeness (QED) is 0.676. The van der Waals surface area contributed by atoms with Crippen molar-refractivity contribution in [2.75, 3.05) is 7.11 Å². The Kier molecular flexibility index (Phi) is 3.17. The number of benzene rings is 2. The van der Waals surface area contributed by atoms with Gasteiger partial charge in [-0.3, -0.25) is 9.78 Å². The SMILES string of the molecule is COc1cccc(-c2cnc3ccc(C=O)cc3c2)c1. The highest BCUT2D eigenvalue weighted by molar-refractivity contribution is 5.89. The summed E-state index contributed by atoms with van der Waals surface area (Å²) in [6, 6.07) is 15.3. The van der Waals surface area contributed by atoms with Gasteiger partial charge in [0.05, 0.1) is 12.6 Å². The number of carbonyl (C=O) groups is 1. The highest BCUT2D eigenvalue weighted by Gasteiger charge is 2.03. The molecule has 0 unspecified atom stereocenters. The van der Waals surface area contributed by atoms with Crippen LogP contribution in [-0.4, -0.2) is 18.4 Å². The molecule has 98 valence electrons. The van der Waals surface area contributed by atoms with E-state index < -0.39 is 0 Å². The van der Waals surface area contributed by atoms with Gasteiger partial charge in [-0.05, 0) is 42.0 Å². The van der Waals surface area contributed by atoms with Crippen molar-refractivity contribution in [2.24, 2.45) is 0 Å². The van der Waals surface area contributed by atoms with Gasteiger partial charge in [-0.1, -0.05) is 12.1 Å². The number of hydrogen-bond acceptors (Lipinski definition) is 3. The van der Waals surface area contributed by atoms with Gasteiger partial charge < -0.3 is 4.74 Å². The van der Waals surface area contributed by atoms with Crippen LogP contribution < -0.4 is 4.74 Å². The molecule has 20 heavy (non-hydrogen) atoms. The first-order chi connectivity index (χ1) is 9.80. The largest absolute Gasteiger partial charge is 0.497 e. The second kappa shape index (κ2) is 5.13. The molecule has 1 heterocycles. The third-order valence-electron chi connectivity index (χ3n) is 3.24. The molecule has 0 saturated carbocycles. The van der Waals surface area contributed by atoms with E-state index in [1.807, 2.05) is 48.7 Å². The summed E-state index contributed by atoms with van der Waals surface area (Å²) < 4.78 is 5.23. The average Bonchev–Trinajstić information content (AvgIpc) is 2.53. The molecular formula is C17H13NO2. The molecule has 0 fully saturated rings. The fourth-order valence-electron chi connectivity index (χ4n) is 2.18. The lowest BCUT2D eigenvalue weighted by atomic mass is 10.0. The van der Waals surface area contributed by atoms with E-state index in [1.54, 1.807) is 13.2 Å². The van der Waals surface area contributed by atoms with Crippen LogP contribution in [0.4, 0.5) is 0 Å². The maximum atomic E-state index is 10.9. The van der Waals surface area contributed by atoms with Crippen LogP contribution in [0.25, 0.3) is 22.0 Å². The molecule has 0 aliphatic rings. The van der Waals surface area contributed by atoms with Crippen molar-refractivity contribution in [3.8, 4) is 16.9 Å². The van der Waals surface area contributed by atoms with Gasteiger partial charge in [0.2, 0.25) is 0 Å². The Bertz CT molecular complexity index is 781. The fourth-order valence-corrected chi connectivity index (χ4v) is 2.18. The van der Waals surface area contributed by atoms with Crippen LogP contribution >= 0.6 is 0 Å². The van der Waals surface area contributed by atoms with Crippen LogP contribution in [0.2, 0.25) is 0 Å². The molecular weight excluding hydrogens is 250 g/mol. The summed E-state index contributed by atoms with van der Waals surface area (Å²) in [6.07, 6.45) is 2.68. The number of nitrogens with zero attached hydrogens (tertiary/aromatic N) is 1. The standard InChI is InChI=1S/C17H13NO2/c1-20-16-4-2-3-13(9-16)15-8-14-7-12(11-19)5-6-17(14)18-10-15/h2-11H,1H3. The molecule has 0 saturated heterocycles. The molecule has 3 nitrogen and oxygen atoms in total. The number of methoxy groups -OCH3 is 1. The summed E-state index contributed by atoms with van der Waals surface area (Å²) in [7, 11) is 1.65. The minimum Gasteiger partial charge on any atom is -0.497 e. The maximum Gasteiger partial charge on any atom is 0.150 e. The zero-order valence-corrected chi connectivity index (χ0v) is 11.0. The van der Waals surface area contributed by atoms with E-state index in [4.69, 9.17) is 4.74 Å². The molecule has 0 aliphatic carbocycles. The van der Waals surface area contributed by atoms with Crippen molar-refractivity contribution in [2.45, 2.75) is 0 Å². The Labute approximate surface area is 116 Å². The molecule has 0 bridgehead atoms. The Morgan fingerprint density at radius 2 is 1.95 bits per heavy atom. The van der Waals surface area contributed by atoms with Gasteiger partial charge in [-0.2, -0.15) is 0 Å². The lowest BCUT2D eigenvalue weighted by Gasteiger charge is -2.06. The summed E-state index contributed by atoms with van der Waals surface area (Å²) in [5.41, 5.74) is 3.57. The third-order valence-corrected chi connectivity index (χ3v) is 3.24. The Hall–Kier alpha value is -2.68. The lowest BCUT2D eigenvalue weighted by Crippen LogP contribution is -1.87. The number of pyridine rings is 1. The summed E-state index contributed by atoms with van der Waals surface area (Å²) in [5.74, 6) is 0.809. The Morgan fingerprint density at radius 3 is 2.75 bits per heavy atom. The van der Waals surface area contributed by atoms with E-state index in [9.17, 15) is 4.79 Å². The van der Waals surface area contributed by atoms with Crippen molar-refractivity contribution < 1.29 is 9.53 Å². The number of hydrogen-bond donors (Lipinski definition) is 0. The van der Waals surface area contributed by atoms with Crippen molar-refractivity contribution >= 4 is 17.2 Å². The van der Waals surface area contributed by atoms with Gasteiger partial charge in [0, 0.05) is 22.7 Å². The molecule has 3 rings (SSSR count). The molecule has 0 aliphatic heterocycles. The van der Waals surface area contributed by atoms with Crippen LogP contribution in [0.1, 0.15) is 10.4 Å². The fraction of sp³-hybridized carbons (Fsp3) is 0.0588. The molecule has 0 spiro atoms. The zero-order chi connectivity index (χ0) is 13.9. The predicted molar refractivity (Wildman–Crippen MR) is 79.1 cm³/mol.